The number of para-hydroxylation sites is 2. The quantitative estimate of drug-likeness (QED) is 0.140. The van der Waals surface area contributed by atoms with Gasteiger partial charge in [0.2, 0.25) is 0 Å². The Labute approximate surface area is 218 Å². The van der Waals surface area contributed by atoms with Crippen molar-refractivity contribution in [3.63, 3.8) is 0 Å². The Balaban J connectivity index is 1.44. The van der Waals surface area contributed by atoms with Crippen molar-refractivity contribution < 1.29 is 19.1 Å². The molecule has 0 radical (unpaired) electrons. The fourth-order valence-electron chi connectivity index (χ4n) is 3.34. The van der Waals surface area contributed by atoms with Gasteiger partial charge in [-0.3, -0.25) is 9.59 Å². The standard InChI is InChI=1S/C29H22ClN3O4/c1-19-10-12-21(13-11-19)29(36)37-26-9-5-2-6-22(26)18-31-33-28(35)24-7-3-4-8-25(24)32-27(34)20-14-16-23(30)17-15-20/h2-18H,1H3,(H,32,34)(H,33,35)/b31-18-. The fourth-order valence-corrected chi connectivity index (χ4v) is 3.46. The first-order valence-electron chi connectivity index (χ1n) is 11.3. The summed E-state index contributed by atoms with van der Waals surface area (Å²) in [6.45, 7) is 1.93. The molecule has 0 spiro atoms. The molecule has 0 aliphatic rings. The third kappa shape index (κ3) is 6.68. The number of carbonyl (C=O) groups excluding carboxylic acids is 3. The van der Waals surface area contributed by atoms with E-state index < -0.39 is 11.9 Å². The first kappa shape index (κ1) is 25.3. The molecule has 0 saturated heterocycles. The molecule has 0 fully saturated rings. The summed E-state index contributed by atoms with van der Waals surface area (Å²) in [5.74, 6) is -1.13. The molecule has 0 unspecified atom stereocenters. The van der Waals surface area contributed by atoms with E-state index in [4.69, 9.17) is 16.3 Å². The highest BCUT2D eigenvalue weighted by molar-refractivity contribution is 6.30. The van der Waals surface area contributed by atoms with Crippen LogP contribution in [0.4, 0.5) is 5.69 Å². The molecule has 2 amide bonds. The molecule has 37 heavy (non-hydrogen) atoms. The average molecular weight is 512 g/mol. The summed E-state index contributed by atoms with van der Waals surface area (Å²) in [6, 6.07) is 26.8. The van der Waals surface area contributed by atoms with E-state index in [1.165, 1.54) is 6.21 Å². The minimum absolute atomic E-state index is 0.223. The van der Waals surface area contributed by atoms with Crippen LogP contribution in [0.1, 0.15) is 42.2 Å². The Hall–Kier alpha value is -4.75. The number of aryl methyl sites for hydroxylation is 1. The molecule has 7 nitrogen and oxygen atoms in total. The van der Waals surface area contributed by atoms with Gasteiger partial charge in [-0.1, -0.05) is 53.6 Å². The van der Waals surface area contributed by atoms with Gasteiger partial charge in [-0.25, -0.2) is 10.2 Å². The number of amides is 2. The van der Waals surface area contributed by atoms with Crippen molar-refractivity contribution in [2.24, 2.45) is 5.10 Å². The van der Waals surface area contributed by atoms with Crippen molar-refractivity contribution in [1.82, 2.24) is 5.43 Å². The van der Waals surface area contributed by atoms with Gasteiger partial charge in [0.05, 0.1) is 23.0 Å². The van der Waals surface area contributed by atoms with Gasteiger partial charge in [0.25, 0.3) is 11.8 Å². The Morgan fingerprint density at radius 2 is 1.43 bits per heavy atom. The lowest BCUT2D eigenvalue weighted by atomic mass is 10.1. The highest BCUT2D eigenvalue weighted by atomic mass is 35.5. The zero-order valence-corrected chi connectivity index (χ0v) is 20.5. The van der Waals surface area contributed by atoms with Gasteiger partial charge in [-0.05, 0) is 67.6 Å². The molecule has 4 rings (SSSR count). The van der Waals surface area contributed by atoms with Gasteiger partial charge in [0.1, 0.15) is 5.75 Å². The Bertz CT molecular complexity index is 1470. The second kappa shape index (κ2) is 11.8. The smallest absolute Gasteiger partial charge is 0.343 e. The number of anilines is 1. The van der Waals surface area contributed by atoms with Crippen LogP contribution in [0.2, 0.25) is 5.02 Å². The lowest BCUT2D eigenvalue weighted by Gasteiger charge is -2.10. The van der Waals surface area contributed by atoms with Crippen molar-refractivity contribution >= 4 is 41.3 Å². The van der Waals surface area contributed by atoms with Crippen molar-refractivity contribution in [2.75, 3.05) is 5.32 Å². The molecule has 0 bridgehead atoms. The number of ether oxygens (including phenoxy) is 1. The summed E-state index contributed by atoms with van der Waals surface area (Å²) >= 11 is 5.88. The van der Waals surface area contributed by atoms with Crippen LogP contribution >= 0.6 is 11.6 Å². The second-order valence-electron chi connectivity index (χ2n) is 8.00. The van der Waals surface area contributed by atoms with E-state index in [1.807, 2.05) is 19.1 Å². The minimum Gasteiger partial charge on any atom is -0.422 e. The van der Waals surface area contributed by atoms with Gasteiger partial charge in [-0.2, -0.15) is 5.10 Å². The predicted molar refractivity (Wildman–Crippen MR) is 143 cm³/mol. The molecule has 4 aromatic carbocycles. The van der Waals surface area contributed by atoms with Gasteiger partial charge in [0, 0.05) is 16.1 Å². The van der Waals surface area contributed by atoms with E-state index in [-0.39, 0.29) is 11.5 Å². The van der Waals surface area contributed by atoms with Crippen molar-refractivity contribution in [1.29, 1.82) is 0 Å². The number of hydrazone groups is 1. The second-order valence-corrected chi connectivity index (χ2v) is 8.44. The maximum absolute atomic E-state index is 12.8. The Morgan fingerprint density at radius 1 is 0.784 bits per heavy atom. The summed E-state index contributed by atoms with van der Waals surface area (Å²) in [5.41, 5.74) is 5.34. The van der Waals surface area contributed by atoms with E-state index in [1.54, 1.807) is 84.9 Å². The lowest BCUT2D eigenvalue weighted by Crippen LogP contribution is -2.21. The molecule has 8 heteroatoms. The number of hydrogen-bond donors (Lipinski definition) is 2. The molecule has 0 saturated carbocycles. The molecule has 2 N–H and O–H groups in total. The number of hydrogen-bond acceptors (Lipinski definition) is 5. The number of benzene rings is 4. The topological polar surface area (TPSA) is 96.9 Å². The third-order valence-electron chi connectivity index (χ3n) is 5.30. The number of rotatable bonds is 7. The molecule has 0 atom stereocenters. The van der Waals surface area contributed by atoms with Gasteiger partial charge < -0.3 is 10.1 Å². The van der Waals surface area contributed by atoms with Crippen LogP contribution in [0.25, 0.3) is 0 Å². The van der Waals surface area contributed by atoms with E-state index in [0.717, 1.165) is 5.56 Å². The van der Waals surface area contributed by atoms with E-state index in [0.29, 0.717) is 33.1 Å². The maximum atomic E-state index is 12.8. The van der Waals surface area contributed by atoms with E-state index in [2.05, 4.69) is 15.8 Å². The summed E-state index contributed by atoms with van der Waals surface area (Å²) in [7, 11) is 0. The molecular weight excluding hydrogens is 490 g/mol. The molecule has 0 aromatic heterocycles. The monoisotopic (exact) mass is 511 g/mol. The van der Waals surface area contributed by atoms with E-state index >= 15 is 0 Å². The summed E-state index contributed by atoms with van der Waals surface area (Å²) in [5, 5.41) is 7.26. The molecule has 0 aliphatic heterocycles. The first-order chi connectivity index (χ1) is 17.9. The lowest BCUT2D eigenvalue weighted by molar-refractivity contribution is 0.0734. The molecular formula is C29H22ClN3O4. The van der Waals surface area contributed by atoms with Crippen molar-refractivity contribution in [3.05, 3.63) is 130 Å². The first-order valence-corrected chi connectivity index (χ1v) is 11.7. The Kier molecular flexibility index (Phi) is 8.08. The fraction of sp³-hybridized carbons (Fsp3) is 0.0345. The van der Waals surface area contributed by atoms with Crippen LogP contribution < -0.4 is 15.5 Å². The number of halogens is 1. The number of carbonyl (C=O) groups is 3. The minimum atomic E-state index is -0.530. The van der Waals surface area contributed by atoms with Crippen molar-refractivity contribution in [3.8, 4) is 5.75 Å². The van der Waals surface area contributed by atoms with Crippen LogP contribution in [-0.4, -0.2) is 24.0 Å². The summed E-state index contributed by atoms with van der Waals surface area (Å²) < 4.78 is 5.53. The van der Waals surface area contributed by atoms with Crippen LogP contribution in [0.15, 0.2) is 102 Å². The number of esters is 1. The normalized spacial score (nSPS) is 10.6. The van der Waals surface area contributed by atoms with Gasteiger partial charge in [-0.15, -0.1) is 0 Å². The molecule has 184 valence electrons. The van der Waals surface area contributed by atoms with Gasteiger partial charge >= 0.3 is 5.97 Å². The summed E-state index contributed by atoms with van der Waals surface area (Å²) in [4.78, 5) is 37.9. The predicted octanol–water partition coefficient (Wildman–Crippen LogP) is 5.88. The highest BCUT2D eigenvalue weighted by Gasteiger charge is 2.14. The largest absolute Gasteiger partial charge is 0.422 e. The van der Waals surface area contributed by atoms with Crippen molar-refractivity contribution in [2.45, 2.75) is 6.92 Å². The van der Waals surface area contributed by atoms with Crippen LogP contribution in [-0.2, 0) is 0 Å². The summed E-state index contributed by atoms with van der Waals surface area (Å²) in [6.07, 6.45) is 1.38. The zero-order valence-electron chi connectivity index (χ0n) is 19.8. The van der Waals surface area contributed by atoms with Crippen LogP contribution in [0.5, 0.6) is 5.75 Å². The van der Waals surface area contributed by atoms with Crippen LogP contribution in [0.3, 0.4) is 0 Å². The average Bonchev–Trinajstić information content (AvgIpc) is 2.90. The zero-order chi connectivity index (χ0) is 26.2. The van der Waals surface area contributed by atoms with Crippen LogP contribution in [0, 0.1) is 6.92 Å². The number of nitrogens with one attached hydrogen (secondary N) is 2. The highest BCUT2D eigenvalue weighted by Crippen LogP contribution is 2.19. The molecule has 0 aliphatic carbocycles. The third-order valence-corrected chi connectivity index (χ3v) is 5.56. The van der Waals surface area contributed by atoms with Gasteiger partial charge in [0.15, 0.2) is 0 Å². The molecule has 4 aromatic rings. The maximum Gasteiger partial charge on any atom is 0.343 e. The molecule has 0 heterocycles. The number of nitrogens with zero attached hydrogens (tertiary/aromatic N) is 1. The SMILES string of the molecule is Cc1ccc(C(=O)Oc2ccccc2/C=N\NC(=O)c2ccccc2NC(=O)c2ccc(Cl)cc2)cc1. The van der Waals surface area contributed by atoms with E-state index in [9.17, 15) is 14.4 Å². The Morgan fingerprint density at radius 3 is 2.19 bits per heavy atom.